The monoisotopic (exact) mass is 294 g/mol. The zero-order valence-electron chi connectivity index (χ0n) is 8.60. The van der Waals surface area contributed by atoms with Gasteiger partial charge in [-0.25, -0.2) is 4.39 Å². The predicted molar refractivity (Wildman–Crippen MR) is 63.5 cm³/mol. The molecule has 0 aliphatic carbocycles. The topological polar surface area (TPSA) is 20.2 Å². The molecule has 1 aromatic carbocycles. The van der Waals surface area contributed by atoms with Gasteiger partial charge in [-0.3, -0.25) is 0 Å². The van der Waals surface area contributed by atoms with Crippen LogP contribution in [0.3, 0.4) is 0 Å². The summed E-state index contributed by atoms with van der Waals surface area (Å²) in [4.78, 5) is 0. The third-order valence-electron chi connectivity index (χ3n) is 2.09. The molecular weight excluding hydrogens is 282 g/mol. The van der Waals surface area contributed by atoms with Crippen LogP contribution in [0.2, 0.25) is 5.02 Å². The second kappa shape index (κ2) is 5.28. The summed E-state index contributed by atoms with van der Waals surface area (Å²) in [5.74, 6) is -0.124. The second-order valence-electron chi connectivity index (χ2n) is 3.93. The molecule has 84 valence electrons. The normalized spacial score (nSPS) is 13.3. The van der Waals surface area contributed by atoms with Crippen LogP contribution < -0.4 is 0 Å². The van der Waals surface area contributed by atoms with Crippen LogP contribution in [0.25, 0.3) is 0 Å². The molecule has 1 aromatic rings. The van der Waals surface area contributed by atoms with E-state index in [0.717, 1.165) is 0 Å². The highest BCUT2D eigenvalue weighted by atomic mass is 79.9. The van der Waals surface area contributed by atoms with Gasteiger partial charge in [0.1, 0.15) is 5.82 Å². The van der Waals surface area contributed by atoms with E-state index < -0.39 is 11.9 Å². The molecule has 0 fully saturated rings. The van der Waals surface area contributed by atoms with Gasteiger partial charge in [0.15, 0.2) is 0 Å². The number of benzene rings is 1. The third kappa shape index (κ3) is 3.44. The molecule has 0 saturated heterocycles. The number of aliphatic hydroxyl groups excluding tert-OH is 1. The Balaban J connectivity index is 2.98. The van der Waals surface area contributed by atoms with Crippen LogP contribution in [0.5, 0.6) is 0 Å². The summed E-state index contributed by atoms with van der Waals surface area (Å²) < 4.78 is 14.0. The van der Waals surface area contributed by atoms with Crippen molar-refractivity contribution < 1.29 is 9.50 Å². The lowest BCUT2D eigenvalue weighted by atomic mass is 9.99. The summed E-state index contributed by atoms with van der Waals surface area (Å²) in [5.41, 5.74) is 0.261. The Labute approximate surface area is 102 Å². The number of hydrogen-bond acceptors (Lipinski definition) is 1. The van der Waals surface area contributed by atoms with Gasteiger partial charge in [0, 0.05) is 10.0 Å². The molecule has 1 rings (SSSR count). The van der Waals surface area contributed by atoms with E-state index in [4.69, 9.17) is 11.6 Å². The van der Waals surface area contributed by atoms with Crippen LogP contribution in [-0.4, -0.2) is 5.11 Å². The average Bonchev–Trinajstić information content (AvgIpc) is 2.09. The van der Waals surface area contributed by atoms with E-state index in [1.165, 1.54) is 12.1 Å². The lowest BCUT2D eigenvalue weighted by Gasteiger charge is -2.14. The fourth-order valence-electron chi connectivity index (χ4n) is 1.37. The molecule has 1 N–H and O–H groups in total. The van der Waals surface area contributed by atoms with Crippen LogP contribution >= 0.6 is 27.5 Å². The van der Waals surface area contributed by atoms with Crippen molar-refractivity contribution in [3.63, 3.8) is 0 Å². The first-order valence-electron chi connectivity index (χ1n) is 4.74. The van der Waals surface area contributed by atoms with Crippen LogP contribution in [0.15, 0.2) is 16.6 Å². The number of rotatable bonds is 3. The van der Waals surface area contributed by atoms with E-state index in [1.807, 2.05) is 13.8 Å². The van der Waals surface area contributed by atoms with Crippen molar-refractivity contribution in [2.45, 2.75) is 26.4 Å². The first-order valence-corrected chi connectivity index (χ1v) is 5.91. The maximum atomic E-state index is 13.5. The first-order chi connectivity index (χ1) is 6.91. The van der Waals surface area contributed by atoms with Crippen LogP contribution in [0, 0.1) is 11.7 Å². The fourth-order valence-corrected chi connectivity index (χ4v) is 1.85. The lowest BCUT2D eigenvalue weighted by Crippen LogP contribution is -2.04. The lowest BCUT2D eigenvalue weighted by molar-refractivity contribution is 0.147. The largest absolute Gasteiger partial charge is 0.388 e. The van der Waals surface area contributed by atoms with Crippen molar-refractivity contribution in [2.24, 2.45) is 5.92 Å². The van der Waals surface area contributed by atoms with Crippen molar-refractivity contribution in [1.29, 1.82) is 0 Å². The Morgan fingerprint density at radius 3 is 2.60 bits per heavy atom. The van der Waals surface area contributed by atoms with Gasteiger partial charge in [0.2, 0.25) is 0 Å². The molecule has 1 nitrogen and oxygen atoms in total. The van der Waals surface area contributed by atoms with Gasteiger partial charge in [-0.05, 0) is 40.4 Å². The van der Waals surface area contributed by atoms with Crippen molar-refractivity contribution >= 4 is 27.5 Å². The minimum Gasteiger partial charge on any atom is -0.388 e. The van der Waals surface area contributed by atoms with E-state index in [1.54, 1.807) is 0 Å². The summed E-state index contributed by atoms with van der Waals surface area (Å²) in [6.45, 7) is 3.95. The molecule has 0 heterocycles. The molecule has 0 amide bonds. The van der Waals surface area contributed by atoms with Crippen molar-refractivity contribution in [1.82, 2.24) is 0 Å². The molecule has 0 aliphatic rings. The van der Waals surface area contributed by atoms with Crippen LogP contribution in [-0.2, 0) is 0 Å². The Morgan fingerprint density at radius 2 is 2.07 bits per heavy atom. The fraction of sp³-hybridized carbons (Fsp3) is 0.455. The molecule has 0 spiro atoms. The van der Waals surface area contributed by atoms with Crippen molar-refractivity contribution in [3.05, 3.63) is 33.0 Å². The highest BCUT2D eigenvalue weighted by Crippen LogP contribution is 2.31. The van der Waals surface area contributed by atoms with Crippen molar-refractivity contribution in [3.8, 4) is 0 Å². The molecule has 0 bridgehead atoms. The Hall–Kier alpha value is -0.120. The van der Waals surface area contributed by atoms with E-state index >= 15 is 0 Å². The van der Waals surface area contributed by atoms with E-state index in [0.29, 0.717) is 21.8 Å². The van der Waals surface area contributed by atoms with E-state index in [-0.39, 0.29) is 5.56 Å². The summed E-state index contributed by atoms with van der Waals surface area (Å²) in [6.07, 6.45) is -0.273. The van der Waals surface area contributed by atoms with Gasteiger partial charge >= 0.3 is 0 Å². The van der Waals surface area contributed by atoms with E-state index in [9.17, 15) is 9.50 Å². The number of halogens is 3. The summed E-state index contributed by atoms with van der Waals surface area (Å²) >= 11 is 8.97. The molecule has 1 atom stereocenters. The summed E-state index contributed by atoms with van der Waals surface area (Å²) in [7, 11) is 0. The number of hydrogen-bond donors (Lipinski definition) is 1. The quantitative estimate of drug-likeness (QED) is 0.823. The minimum absolute atomic E-state index is 0.261. The number of aliphatic hydroxyl groups is 1. The molecule has 15 heavy (non-hydrogen) atoms. The molecule has 4 heteroatoms. The zero-order chi connectivity index (χ0) is 11.6. The molecule has 0 saturated carbocycles. The first kappa shape index (κ1) is 12.9. The Bertz CT molecular complexity index is 355. The summed E-state index contributed by atoms with van der Waals surface area (Å²) in [5, 5.41) is 10.2. The van der Waals surface area contributed by atoms with Gasteiger partial charge in [0.25, 0.3) is 0 Å². The van der Waals surface area contributed by atoms with Crippen LogP contribution in [0.4, 0.5) is 4.39 Å². The Kier molecular flexibility index (Phi) is 4.56. The molecule has 0 radical (unpaired) electrons. The van der Waals surface area contributed by atoms with Crippen molar-refractivity contribution in [2.75, 3.05) is 0 Å². The predicted octanol–water partition coefficient (Wildman–Crippen LogP) is 4.32. The highest BCUT2D eigenvalue weighted by Gasteiger charge is 2.16. The van der Waals surface area contributed by atoms with Gasteiger partial charge in [-0.1, -0.05) is 25.4 Å². The van der Waals surface area contributed by atoms with Gasteiger partial charge in [-0.2, -0.15) is 0 Å². The average molecular weight is 296 g/mol. The smallest absolute Gasteiger partial charge is 0.130 e. The molecule has 1 unspecified atom stereocenters. The zero-order valence-corrected chi connectivity index (χ0v) is 10.9. The van der Waals surface area contributed by atoms with Gasteiger partial charge < -0.3 is 5.11 Å². The second-order valence-corrected chi connectivity index (χ2v) is 5.19. The standard InChI is InChI=1S/C11H13BrClFO/c1-6(2)3-11(15)7-4-9(13)8(12)5-10(7)14/h4-6,11,15H,3H2,1-2H3. The molecular formula is C11H13BrClFO. The maximum Gasteiger partial charge on any atom is 0.130 e. The SMILES string of the molecule is CC(C)CC(O)c1cc(Cl)c(Br)cc1F. The molecule has 0 aromatic heterocycles. The third-order valence-corrected chi connectivity index (χ3v) is 3.29. The Morgan fingerprint density at radius 1 is 1.47 bits per heavy atom. The van der Waals surface area contributed by atoms with E-state index in [2.05, 4.69) is 15.9 Å². The van der Waals surface area contributed by atoms with Gasteiger partial charge in [-0.15, -0.1) is 0 Å². The van der Waals surface area contributed by atoms with Crippen LogP contribution in [0.1, 0.15) is 31.9 Å². The van der Waals surface area contributed by atoms with Gasteiger partial charge in [0.05, 0.1) is 11.1 Å². The minimum atomic E-state index is -0.796. The molecule has 0 aliphatic heterocycles. The highest BCUT2D eigenvalue weighted by molar-refractivity contribution is 9.10. The maximum absolute atomic E-state index is 13.5. The summed E-state index contributed by atoms with van der Waals surface area (Å²) in [6, 6.07) is 2.75.